The number of rotatable bonds is 8. The summed E-state index contributed by atoms with van der Waals surface area (Å²) in [6.07, 6.45) is -1.33. The zero-order valence-electron chi connectivity index (χ0n) is 18.6. The molecule has 1 fully saturated rings. The summed E-state index contributed by atoms with van der Waals surface area (Å²) in [4.78, 5) is 12.5. The molecule has 1 saturated carbocycles. The number of nitrogens with zero attached hydrogens (tertiary/aromatic N) is 1. The first-order valence-electron chi connectivity index (χ1n) is 11.0. The fourth-order valence-corrected chi connectivity index (χ4v) is 4.10. The minimum Gasteiger partial charge on any atom is -0.462 e. The van der Waals surface area contributed by atoms with E-state index in [0.717, 1.165) is 24.5 Å². The van der Waals surface area contributed by atoms with Crippen LogP contribution in [0.15, 0.2) is 60.8 Å². The highest BCUT2D eigenvalue weighted by molar-refractivity contribution is 5.93. The van der Waals surface area contributed by atoms with Gasteiger partial charge in [0, 0.05) is 11.8 Å². The average molecular weight is 457 g/mol. The Morgan fingerprint density at radius 2 is 1.73 bits per heavy atom. The van der Waals surface area contributed by atoms with E-state index in [1.807, 2.05) is 30.3 Å². The summed E-state index contributed by atoms with van der Waals surface area (Å²) in [5.74, 6) is -0.547. The Morgan fingerprint density at radius 1 is 1.06 bits per heavy atom. The summed E-state index contributed by atoms with van der Waals surface area (Å²) in [5.41, 5.74) is 0.944. The Balaban J connectivity index is 1.72. The summed E-state index contributed by atoms with van der Waals surface area (Å²) >= 11 is 0. The first kappa shape index (κ1) is 23.1. The van der Waals surface area contributed by atoms with Crippen LogP contribution < -0.4 is 0 Å². The van der Waals surface area contributed by atoms with E-state index in [1.54, 1.807) is 30.7 Å². The summed E-state index contributed by atoms with van der Waals surface area (Å²) in [7, 11) is 0. The predicted molar refractivity (Wildman–Crippen MR) is 119 cm³/mol. The van der Waals surface area contributed by atoms with Gasteiger partial charge in [-0.05, 0) is 43.9 Å². The van der Waals surface area contributed by atoms with Gasteiger partial charge in [0.05, 0.1) is 42.2 Å². The second kappa shape index (κ2) is 9.06. The normalized spacial score (nSPS) is 14.8. The van der Waals surface area contributed by atoms with Crippen molar-refractivity contribution in [1.29, 1.82) is 0 Å². The van der Waals surface area contributed by atoms with Crippen LogP contribution in [0.3, 0.4) is 0 Å². The Morgan fingerprint density at radius 3 is 2.36 bits per heavy atom. The number of benzene rings is 2. The van der Waals surface area contributed by atoms with E-state index < -0.39 is 23.3 Å². The van der Waals surface area contributed by atoms with Crippen molar-refractivity contribution >= 4 is 5.97 Å². The maximum Gasteiger partial charge on any atom is 0.417 e. The van der Waals surface area contributed by atoms with Crippen LogP contribution in [0.1, 0.15) is 46.8 Å². The standard InChI is InChI=1S/C26H26F3NO3/c1-3-32-24(31)21-15-30(17-25(13-14-25)33-16-19-9-5-4-6-10-19)23(18(21)2)20-11-7-8-12-22(20)26(27,28)29/h4-12,15H,3,13-14,16-17H2,1-2H3. The first-order chi connectivity index (χ1) is 15.7. The van der Waals surface area contributed by atoms with E-state index in [9.17, 15) is 18.0 Å². The highest BCUT2D eigenvalue weighted by Gasteiger charge is 2.45. The number of carbonyl (C=O) groups excluding carboxylic acids is 1. The summed E-state index contributed by atoms with van der Waals surface area (Å²) in [6, 6.07) is 15.2. The number of carbonyl (C=O) groups is 1. The molecule has 0 radical (unpaired) electrons. The largest absolute Gasteiger partial charge is 0.462 e. The van der Waals surface area contributed by atoms with Crippen molar-refractivity contribution < 1.29 is 27.4 Å². The van der Waals surface area contributed by atoms with Gasteiger partial charge in [0.25, 0.3) is 0 Å². The number of hydrogen-bond donors (Lipinski definition) is 0. The number of esters is 1. The molecule has 0 amide bonds. The zero-order chi connectivity index (χ0) is 23.6. The fourth-order valence-electron chi connectivity index (χ4n) is 4.10. The number of hydrogen-bond acceptors (Lipinski definition) is 3. The molecule has 4 nitrogen and oxygen atoms in total. The molecule has 0 aliphatic heterocycles. The van der Waals surface area contributed by atoms with Gasteiger partial charge in [0.1, 0.15) is 0 Å². The molecule has 3 aromatic rings. The molecule has 0 saturated heterocycles. The quantitative estimate of drug-likeness (QED) is 0.367. The van der Waals surface area contributed by atoms with Crippen molar-refractivity contribution in [3.05, 3.63) is 83.0 Å². The predicted octanol–water partition coefficient (Wildman–Crippen LogP) is 6.41. The topological polar surface area (TPSA) is 40.5 Å². The molecule has 4 rings (SSSR count). The number of aromatic nitrogens is 1. The van der Waals surface area contributed by atoms with E-state index >= 15 is 0 Å². The molecule has 0 N–H and O–H groups in total. The van der Waals surface area contributed by atoms with Crippen molar-refractivity contribution in [2.24, 2.45) is 0 Å². The third-order valence-corrected chi connectivity index (χ3v) is 5.97. The lowest BCUT2D eigenvalue weighted by molar-refractivity contribution is -0.137. The van der Waals surface area contributed by atoms with Gasteiger partial charge in [-0.3, -0.25) is 0 Å². The third-order valence-electron chi connectivity index (χ3n) is 5.97. The molecule has 0 unspecified atom stereocenters. The molecule has 0 spiro atoms. The Kier molecular flexibility index (Phi) is 6.34. The molecule has 0 bridgehead atoms. The molecule has 1 aliphatic carbocycles. The van der Waals surface area contributed by atoms with Crippen LogP contribution in [-0.2, 0) is 28.8 Å². The van der Waals surface area contributed by atoms with Crippen LogP contribution in [0.2, 0.25) is 0 Å². The average Bonchev–Trinajstić information content (AvgIpc) is 3.48. The van der Waals surface area contributed by atoms with E-state index in [4.69, 9.17) is 9.47 Å². The molecule has 33 heavy (non-hydrogen) atoms. The van der Waals surface area contributed by atoms with Gasteiger partial charge < -0.3 is 14.0 Å². The summed E-state index contributed by atoms with van der Waals surface area (Å²) in [5, 5.41) is 0. The second-order valence-corrected chi connectivity index (χ2v) is 8.37. The lowest BCUT2D eigenvalue weighted by Crippen LogP contribution is -2.22. The Labute approximate surface area is 190 Å². The minimum atomic E-state index is -4.52. The van der Waals surface area contributed by atoms with Crippen LogP contribution in [-0.4, -0.2) is 22.7 Å². The van der Waals surface area contributed by atoms with Gasteiger partial charge in [-0.1, -0.05) is 48.5 Å². The highest BCUT2D eigenvalue weighted by atomic mass is 19.4. The van der Waals surface area contributed by atoms with E-state index in [2.05, 4.69) is 0 Å². The smallest absolute Gasteiger partial charge is 0.417 e. The van der Waals surface area contributed by atoms with Crippen LogP contribution in [0.25, 0.3) is 11.3 Å². The van der Waals surface area contributed by atoms with Gasteiger partial charge >= 0.3 is 12.1 Å². The van der Waals surface area contributed by atoms with Crippen molar-refractivity contribution in [1.82, 2.24) is 4.57 Å². The molecule has 1 aliphatic rings. The molecule has 1 aromatic heterocycles. The third kappa shape index (κ3) is 4.98. The van der Waals surface area contributed by atoms with Gasteiger partial charge in [-0.25, -0.2) is 4.79 Å². The molecule has 7 heteroatoms. The molecular formula is C26H26F3NO3. The maximum absolute atomic E-state index is 13.8. The van der Waals surface area contributed by atoms with Crippen LogP contribution in [0.4, 0.5) is 13.2 Å². The number of alkyl halides is 3. The zero-order valence-corrected chi connectivity index (χ0v) is 18.6. The molecular weight excluding hydrogens is 431 g/mol. The summed E-state index contributed by atoms with van der Waals surface area (Å²) < 4.78 is 54.5. The maximum atomic E-state index is 13.8. The number of ether oxygens (including phenoxy) is 2. The van der Waals surface area contributed by atoms with Gasteiger partial charge in [0.15, 0.2) is 0 Å². The van der Waals surface area contributed by atoms with Crippen molar-refractivity contribution in [2.75, 3.05) is 6.61 Å². The first-order valence-corrected chi connectivity index (χ1v) is 11.0. The van der Waals surface area contributed by atoms with E-state index in [0.29, 0.717) is 24.4 Å². The van der Waals surface area contributed by atoms with E-state index in [-0.39, 0.29) is 17.7 Å². The SMILES string of the molecule is CCOC(=O)c1cn(CC2(OCc3ccccc3)CC2)c(-c2ccccc2C(F)(F)F)c1C. The fraction of sp³-hybridized carbons (Fsp3) is 0.346. The lowest BCUT2D eigenvalue weighted by atomic mass is 10.00. The van der Waals surface area contributed by atoms with Crippen molar-refractivity contribution in [3.8, 4) is 11.3 Å². The van der Waals surface area contributed by atoms with Crippen LogP contribution >= 0.6 is 0 Å². The molecule has 0 atom stereocenters. The molecule has 1 heterocycles. The van der Waals surface area contributed by atoms with Crippen molar-refractivity contribution in [3.63, 3.8) is 0 Å². The molecule has 174 valence electrons. The monoisotopic (exact) mass is 457 g/mol. The van der Waals surface area contributed by atoms with Crippen LogP contribution in [0.5, 0.6) is 0 Å². The Bertz CT molecular complexity index is 1130. The van der Waals surface area contributed by atoms with Crippen LogP contribution in [0, 0.1) is 6.92 Å². The second-order valence-electron chi connectivity index (χ2n) is 8.37. The highest BCUT2D eigenvalue weighted by Crippen LogP contribution is 2.45. The number of halogens is 3. The van der Waals surface area contributed by atoms with Gasteiger partial charge in [-0.15, -0.1) is 0 Å². The lowest BCUT2D eigenvalue weighted by Gasteiger charge is -2.21. The van der Waals surface area contributed by atoms with Crippen molar-refractivity contribution in [2.45, 2.75) is 51.6 Å². The minimum absolute atomic E-state index is 0.0388. The van der Waals surface area contributed by atoms with E-state index in [1.165, 1.54) is 12.1 Å². The van der Waals surface area contributed by atoms with Gasteiger partial charge in [0.2, 0.25) is 0 Å². The molecule has 2 aromatic carbocycles. The van der Waals surface area contributed by atoms with Gasteiger partial charge in [-0.2, -0.15) is 13.2 Å². The summed E-state index contributed by atoms with van der Waals surface area (Å²) in [6.45, 7) is 4.31. The Hall–Kier alpha value is -3.06.